The first-order chi connectivity index (χ1) is 12.3. The third-order valence-electron chi connectivity index (χ3n) is 4.96. The molecule has 0 radical (unpaired) electrons. The van der Waals surface area contributed by atoms with Crippen molar-refractivity contribution < 1.29 is 0 Å². The number of alkyl halides is 1. The zero-order valence-electron chi connectivity index (χ0n) is 14.1. The third-order valence-corrected chi connectivity index (χ3v) is 6.97. The highest BCUT2D eigenvalue weighted by Gasteiger charge is 2.37. The SMILES string of the molecule is ClC1c2ccccc2NC(NC2CCNCC2)C1Sc1ccccc1. The third kappa shape index (κ3) is 3.98. The van der Waals surface area contributed by atoms with Crippen molar-refractivity contribution in [2.24, 2.45) is 0 Å². The number of rotatable bonds is 4. The monoisotopic (exact) mass is 373 g/mol. The molecule has 3 unspecified atom stereocenters. The fourth-order valence-electron chi connectivity index (χ4n) is 3.63. The van der Waals surface area contributed by atoms with E-state index in [1.54, 1.807) is 0 Å². The van der Waals surface area contributed by atoms with Crippen LogP contribution < -0.4 is 16.0 Å². The Morgan fingerprint density at radius 2 is 1.68 bits per heavy atom. The number of thioether (sulfide) groups is 1. The Bertz CT molecular complexity index is 690. The molecule has 2 aliphatic heterocycles. The van der Waals surface area contributed by atoms with E-state index in [9.17, 15) is 0 Å². The number of hydrogen-bond donors (Lipinski definition) is 3. The van der Waals surface area contributed by atoms with E-state index in [0.29, 0.717) is 6.04 Å². The average molecular weight is 374 g/mol. The molecule has 1 saturated heterocycles. The van der Waals surface area contributed by atoms with Crippen molar-refractivity contribution in [3.8, 4) is 0 Å². The number of fused-ring (bicyclic) bond motifs is 1. The summed E-state index contributed by atoms with van der Waals surface area (Å²) >= 11 is 8.82. The van der Waals surface area contributed by atoms with Gasteiger partial charge in [0, 0.05) is 16.6 Å². The average Bonchev–Trinajstić information content (AvgIpc) is 2.67. The summed E-state index contributed by atoms with van der Waals surface area (Å²) in [6.07, 6.45) is 2.48. The van der Waals surface area contributed by atoms with Crippen LogP contribution in [0.1, 0.15) is 23.8 Å². The normalized spacial score (nSPS) is 26.7. The second-order valence-corrected chi connectivity index (χ2v) is 8.42. The first-order valence-corrected chi connectivity index (χ1v) is 10.3. The predicted octanol–water partition coefficient (Wildman–Crippen LogP) is 4.22. The van der Waals surface area contributed by atoms with E-state index in [1.165, 1.54) is 10.5 Å². The van der Waals surface area contributed by atoms with Crippen molar-refractivity contribution in [2.45, 2.75) is 40.6 Å². The Morgan fingerprint density at radius 1 is 0.960 bits per heavy atom. The van der Waals surface area contributed by atoms with Crippen LogP contribution in [-0.2, 0) is 0 Å². The molecule has 5 heteroatoms. The lowest BCUT2D eigenvalue weighted by atomic mass is 9.99. The summed E-state index contributed by atoms with van der Waals surface area (Å²) in [6.45, 7) is 2.17. The molecule has 0 spiro atoms. The number of piperidine rings is 1. The van der Waals surface area contributed by atoms with Crippen LogP contribution in [0.25, 0.3) is 0 Å². The van der Waals surface area contributed by atoms with Gasteiger partial charge in [0.2, 0.25) is 0 Å². The van der Waals surface area contributed by atoms with Gasteiger partial charge < -0.3 is 10.6 Å². The molecule has 132 valence electrons. The topological polar surface area (TPSA) is 36.1 Å². The van der Waals surface area contributed by atoms with Crippen LogP contribution in [0, 0.1) is 0 Å². The summed E-state index contributed by atoms with van der Waals surface area (Å²) in [5, 5.41) is 11.2. The molecule has 0 amide bonds. The van der Waals surface area contributed by atoms with Crippen LogP contribution in [0.4, 0.5) is 5.69 Å². The highest BCUT2D eigenvalue weighted by molar-refractivity contribution is 8.00. The quantitative estimate of drug-likeness (QED) is 0.701. The molecular formula is C20H24ClN3S. The lowest BCUT2D eigenvalue weighted by Crippen LogP contribution is -2.54. The maximum Gasteiger partial charge on any atom is 0.0913 e. The van der Waals surface area contributed by atoms with Crippen molar-refractivity contribution >= 4 is 29.1 Å². The van der Waals surface area contributed by atoms with Gasteiger partial charge >= 0.3 is 0 Å². The molecule has 25 heavy (non-hydrogen) atoms. The molecule has 3 nitrogen and oxygen atoms in total. The Labute approximate surface area is 158 Å². The van der Waals surface area contributed by atoms with Crippen LogP contribution >= 0.6 is 23.4 Å². The minimum absolute atomic E-state index is 0.0260. The zero-order chi connectivity index (χ0) is 17.1. The largest absolute Gasteiger partial charge is 0.368 e. The summed E-state index contributed by atoms with van der Waals surface area (Å²) in [6, 6.07) is 19.5. The molecule has 2 heterocycles. The van der Waals surface area contributed by atoms with Gasteiger partial charge in [-0.25, -0.2) is 0 Å². The molecule has 0 bridgehead atoms. The van der Waals surface area contributed by atoms with Gasteiger partial charge in [-0.1, -0.05) is 36.4 Å². The minimum Gasteiger partial charge on any atom is -0.368 e. The van der Waals surface area contributed by atoms with E-state index in [-0.39, 0.29) is 16.8 Å². The van der Waals surface area contributed by atoms with Crippen LogP contribution in [0.3, 0.4) is 0 Å². The van der Waals surface area contributed by atoms with Crippen LogP contribution in [-0.4, -0.2) is 30.5 Å². The molecule has 3 N–H and O–H groups in total. The lowest BCUT2D eigenvalue weighted by Gasteiger charge is -2.40. The second kappa shape index (κ2) is 8.00. The van der Waals surface area contributed by atoms with Crippen molar-refractivity contribution in [2.75, 3.05) is 18.4 Å². The number of hydrogen-bond acceptors (Lipinski definition) is 4. The molecule has 0 saturated carbocycles. The van der Waals surface area contributed by atoms with Gasteiger partial charge in [-0.15, -0.1) is 23.4 Å². The van der Waals surface area contributed by atoms with Crippen molar-refractivity contribution in [3.63, 3.8) is 0 Å². The number of nitrogens with one attached hydrogen (secondary N) is 3. The fourth-order valence-corrected chi connectivity index (χ4v) is 5.29. The standard InChI is InChI=1S/C20H24ClN3S/c21-18-16-8-4-5-9-17(16)24-20(23-14-10-12-22-13-11-14)19(18)25-15-6-2-1-3-7-15/h1-9,14,18-20,22-24H,10-13H2. The van der Waals surface area contributed by atoms with Crippen LogP contribution in [0.2, 0.25) is 0 Å². The number of para-hydroxylation sites is 1. The fraction of sp³-hybridized carbons (Fsp3) is 0.400. The Kier molecular flexibility index (Phi) is 5.51. The van der Waals surface area contributed by atoms with Gasteiger partial charge in [-0.3, -0.25) is 5.32 Å². The van der Waals surface area contributed by atoms with Gasteiger partial charge in [0.15, 0.2) is 0 Å². The number of halogens is 1. The molecule has 0 aliphatic carbocycles. The Morgan fingerprint density at radius 3 is 2.48 bits per heavy atom. The van der Waals surface area contributed by atoms with Crippen molar-refractivity contribution in [3.05, 3.63) is 60.2 Å². The molecule has 2 aromatic rings. The first kappa shape index (κ1) is 17.2. The molecule has 2 aromatic carbocycles. The van der Waals surface area contributed by atoms with E-state index in [1.807, 2.05) is 11.8 Å². The summed E-state index contributed by atoms with van der Waals surface area (Å²) in [4.78, 5) is 1.26. The maximum atomic E-state index is 6.96. The summed E-state index contributed by atoms with van der Waals surface area (Å²) in [7, 11) is 0. The van der Waals surface area contributed by atoms with Gasteiger partial charge in [-0.05, 0) is 49.7 Å². The van der Waals surface area contributed by atoms with E-state index in [0.717, 1.165) is 31.6 Å². The van der Waals surface area contributed by atoms with Gasteiger partial charge in [0.25, 0.3) is 0 Å². The summed E-state index contributed by atoms with van der Waals surface area (Å²) in [5.74, 6) is 0. The molecule has 4 rings (SSSR count). The van der Waals surface area contributed by atoms with Gasteiger partial charge in [-0.2, -0.15) is 0 Å². The Hall–Kier alpha value is -1.20. The summed E-state index contributed by atoms with van der Waals surface area (Å²) in [5.41, 5.74) is 2.35. The highest BCUT2D eigenvalue weighted by Crippen LogP contribution is 2.44. The lowest BCUT2D eigenvalue weighted by molar-refractivity contribution is 0.351. The molecule has 2 aliphatic rings. The smallest absolute Gasteiger partial charge is 0.0913 e. The number of benzene rings is 2. The zero-order valence-corrected chi connectivity index (χ0v) is 15.7. The number of anilines is 1. The van der Waals surface area contributed by atoms with Gasteiger partial charge in [0.1, 0.15) is 0 Å². The van der Waals surface area contributed by atoms with E-state index in [2.05, 4.69) is 70.5 Å². The molecule has 1 fully saturated rings. The second-order valence-electron chi connectivity index (χ2n) is 6.70. The predicted molar refractivity (Wildman–Crippen MR) is 108 cm³/mol. The molecule has 3 atom stereocenters. The first-order valence-electron chi connectivity index (χ1n) is 8.99. The van der Waals surface area contributed by atoms with Crippen molar-refractivity contribution in [1.82, 2.24) is 10.6 Å². The van der Waals surface area contributed by atoms with Crippen molar-refractivity contribution in [1.29, 1.82) is 0 Å². The van der Waals surface area contributed by atoms with Crippen LogP contribution in [0.5, 0.6) is 0 Å². The molecular weight excluding hydrogens is 350 g/mol. The van der Waals surface area contributed by atoms with E-state index >= 15 is 0 Å². The van der Waals surface area contributed by atoms with E-state index < -0.39 is 0 Å². The van der Waals surface area contributed by atoms with Gasteiger partial charge in [0.05, 0.1) is 16.8 Å². The minimum atomic E-state index is -0.0260. The Balaban J connectivity index is 1.58. The summed E-state index contributed by atoms with van der Waals surface area (Å²) < 4.78 is 0. The molecule has 0 aromatic heterocycles. The maximum absolute atomic E-state index is 6.96. The highest BCUT2D eigenvalue weighted by atomic mass is 35.5. The van der Waals surface area contributed by atoms with Crippen LogP contribution in [0.15, 0.2) is 59.5 Å². The van der Waals surface area contributed by atoms with E-state index in [4.69, 9.17) is 11.6 Å².